The Hall–Kier alpha value is -3.35. The molecule has 1 aliphatic rings. The van der Waals surface area contributed by atoms with Gasteiger partial charge in [0.2, 0.25) is 5.91 Å². The standard InChI is InChI=1S/C23H23FN2O4/c24-15-6-8-19-17(11-15)18-12-16(7-9-20(18)26(19)13-23(29)30)25-22(28)10-5-14-3-1-2-4-21(14)27/h1-4,6,8,11,16,27H,5,7,9-10,12-13H2,(H,25,28)(H,29,30). The number of carbonyl (C=O) groups excluding carboxylic acids is 1. The van der Waals surface area contributed by atoms with E-state index in [-0.39, 0.29) is 36.5 Å². The van der Waals surface area contributed by atoms with Crippen molar-refractivity contribution in [1.29, 1.82) is 0 Å². The van der Waals surface area contributed by atoms with Crippen molar-refractivity contribution >= 4 is 22.8 Å². The maximum Gasteiger partial charge on any atom is 0.323 e. The Morgan fingerprint density at radius 2 is 2.00 bits per heavy atom. The van der Waals surface area contributed by atoms with Crippen LogP contribution in [0.2, 0.25) is 0 Å². The third kappa shape index (κ3) is 4.01. The van der Waals surface area contributed by atoms with Gasteiger partial charge in [-0.1, -0.05) is 18.2 Å². The molecule has 0 bridgehead atoms. The predicted molar refractivity (Wildman–Crippen MR) is 110 cm³/mol. The SMILES string of the molecule is O=C(O)Cn1c2c(c3cc(F)ccc31)CC(NC(=O)CCc1ccccc1O)CC2. The summed E-state index contributed by atoms with van der Waals surface area (Å²) >= 11 is 0. The summed E-state index contributed by atoms with van der Waals surface area (Å²) in [5.74, 6) is -1.24. The molecule has 0 radical (unpaired) electrons. The van der Waals surface area contributed by atoms with Gasteiger partial charge in [-0.25, -0.2) is 4.39 Å². The lowest BCUT2D eigenvalue weighted by atomic mass is 9.91. The van der Waals surface area contributed by atoms with Gasteiger partial charge in [0, 0.05) is 29.1 Å². The fourth-order valence-electron chi connectivity index (χ4n) is 4.33. The number of hydrogen-bond donors (Lipinski definition) is 3. The third-order valence-electron chi connectivity index (χ3n) is 5.70. The largest absolute Gasteiger partial charge is 0.508 e. The van der Waals surface area contributed by atoms with Crippen LogP contribution in [0.15, 0.2) is 42.5 Å². The molecule has 1 heterocycles. The Morgan fingerprint density at radius 3 is 2.77 bits per heavy atom. The van der Waals surface area contributed by atoms with Crippen LogP contribution in [-0.4, -0.2) is 32.7 Å². The zero-order valence-electron chi connectivity index (χ0n) is 16.4. The monoisotopic (exact) mass is 410 g/mol. The van der Waals surface area contributed by atoms with Gasteiger partial charge in [0.15, 0.2) is 0 Å². The van der Waals surface area contributed by atoms with Crippen molar-refractivity contribution < 1.29 is 24.2 Å². The van der Waals surface area contributed by atoms with E-state index in [1.54, 1.807) is 28.8 Å². The molecule has 0 aliphatic heterocycles. The van der Waals surface area contributed by atoms with E-state index < -0.39 is 5.97 Å². The Morgan fingerprint density at radius 1 is 1.20 bits per heavy atom. The first kappa shape index (κ1) is 19.9. The number of hydrogen-bond acceptors (Lipinski definition) is 3. The van der Waals surface area contributed by atoms with Gasteiger partial charge in [0.1, 0.15) is 18.1 Å². The number of phenols is 1. The number of aromatic hydroxyl groups is 1. The van der Waals surface area contributed by atoms with Crippen LogP contribution in [-0.2, 0) is 35.4 Å². The second kappa shape index (κ2) is 8.18. The van der Waals surface area contributed by atoms with E-state index in [2.05, 4.69) is 5.32 Å². The van der Waals surface area contributed by atoms with Gasteiger partial charge < -0.3 is 20.1 Å². The van der Waals surface area contributed by atoms with Crippen molar-refractivity contribution in [2.75, 3.05) is 0 Å². The highest BCUT2D eigenvalue weighted by molar-refractivity contribution is 5.87. The minimum absolute atomic E-state index is 0.0958. The first-order chi connectivity index (χ1) is 14.4. The summed E-state index contributed by atoms with van der Waals surface area (Å²) in [6.07, 6.45) is 2.54. The van der Waals surface area contributed by atoms with Crippen LogP contribution in [0, 0.1) is 5.82 Å². The minimum atomic E-state index is -0.946. The van der Waals surface area contributed by atoms with Gasteiger partial charge >= 0.3 is 5.97 Å². The summed E-state index contributed by atoms with van der Waals surface area (Å²) < 4.78 is 15.6. The summed E-state index contributed by atoms with van der Waals surface area (Å²) in [7, 11) is 0. The number of fused-ring (bicyclic) bond motifs is 3. The number of nitrogens with one attached hydrogen (secondary N) is 1. The minimum Gasteiger partial charge on any atom is -0.508 e. The van der Waals surface area contributed by atoms with Gasteiger partial charge in [0.05, 0.1) is 0 Å². The average molecular weight is 410 g/mol. The van der Waals surface area contributed by atoms with Gasteiger partial charge in [0.25, 0.3) is 0 Å². The quantitative estimate of drug-likeness (QED) is 0.582. The van der Waals surface area contributed by atoms with E-state index in [4.69, 9.17) is 0 Å². The number of carboxylic acid groups (broad SMARTS) is 1. The molecular weight excluding hydrogens is 387 g/mol. The fourth-order valence-corrected chi connectivity index (χ4v) is 4.33. The smallest absolute Gasteiger partial charge is 0.323 e. The first-order valence-corrected chi connectivity index (χ1v) is 10.00. The molecule has 3 N–H and O–H groups in total. The van der Waals surface area contributed by atoms with Crippen molar-refractivity contribution in [2.24, 2.45) is 0 Å². The molecule has 1 aliphatic carbocycles. The number of amides is 1. The Balaban J connectivity index is 1.50. The number of phenolic OH excluding ortho intramolecular Hbond substituents is 1. The second-order valence-corrected chi connectivity index (χ2v) is 7.70. The molecule has 1 unspecified atom stereocenters. The van der Waals surface area contributed by atoms with Gasteiger partial charge in [-0.3, -0.25) is 9.59 Å². The highest BCUT2D eigenvalue weighted by atomic mass is 19.1. The van der Waals surface area contributed by atoms with Crippen LogP contribution < -0.4 is 5.32 Å². The zero-order valence-corrected chi connectivity index (χ0v) is 16.4. The fraction of sp³-hybridized carbons (Fsp3) is 0.304. The summed E-state index contributed by atoms with van der Waals surface area (Å²) in [5, 5.41) is 22.9. The highest BCUT2D eigenvalue weighted by Crippen LogP contribution is 2.33. The number of rotatable bonds is 6. The topological polar surface area (TPSA) is 91.6 Å². The number of aromatic nitrogens is 1. The number of aryl methyl sites for hydroxylation is 1. The van der Waals surface area contributed by atoms with Crippen molar-refractivity contribution in [2.45, 2.75) is 44.7 Å². The summed E-state index contributed by atoms with van der Waals surface area (Å²) in [6.45, 7) is -0.172. The number of halogens is 1. The van der Waals surface area contributed by atoms with E-state index in [9.17, 15) is 24.2 Å². The third-order valence-corrected chi connectivity index (χ3v) is 5.70. The summed E-state index contributed by atoms with van der Waals surface area (Å²) in [5.41, 5.74) is 3.24. The Labute approximate surface area is 172 Å². The molecule has 4 rings (SSSR count). The lowest BCUT2D eigenvalue weighted by molar-refractivity contribution is -0.137. The molecule has 0 saturated carbocycles. The van der Waals surface area contributed by atoms with Crippen molar-refractivity contribution in [1.82, 2.24) is 9.88 Å². The van der Waals surface area contributed by atoms with Crippen LogP contribution in [0.5, 0.6) is 5.75 Å². The molecule has 30 heavy (non-hydrogen) atoms. The molecule has 0 spiro atoms. The lowest BCUT2D eigenvalue weighted by Crippen LogP contribution is -2.39. The molecule has 6 nitrogen and oxygen atoms in total. The van der Waals surface area contributed by atoms with Gasteiger partial charge in [-0.15, -0.1) is 0 Å². The predicted octanol–water partition coefficient (Wildman–Crippen LogP) is 3.18. The normalized spacial score (nSPS) is 15.7. The maximum atomic E-state index is 13.9. The molecule has 0 saturated heterocycles. The van der Waals surface area contributed by atoms with Crippen molar-refractivity contribution in [3.8, 4) is 5.75 Å². The molecule has 0 fully saturated rings. The summed E-state index contributed by atoms with van der Waals surface area (Å²) in [6, 6.07) is 11.2. The zero-order chi connectivity index (χ0) is 21.3. The van der Waals surface area contributed by atoms with Crippen molar-refractivity contribution in [3.05, 3.63) is 65.1 Å². The second-order valence-electron chi connectivity index (χ2n) is 7.70. The first-order valence-electron chi connectivity index (χ1n) is 10.00. The molecular formula is C23H23FN2O4. The van der Waals surface area contributed by atoms with Gasteiger partial charge in [-0.2, -0.15) is 0 Å². The number of para-hydroxylation sites is 1. The van der Waals surface area contributed by atoms with Gasteiger partial charge in [-0.05, 0) is 61.1 Å². The number of carbonyl (C=O) groups is 2. The van der Waals surface area contributed by atoms with Crippen LogP contribution >= 0.6 is 0 Å². The highest BCUT2D eigenvalue weighted by Gasteiger charge is 2.27. The van der Waals surface area contributed by atoms with E-state index >= 15 is 0 Å². The number of aliphatic carboxylic acids is 1. The molecule has 1 atom stereocenters. The number of carboxylic acids is 1. The molecule has 3 aromatic rings. The van der Waals surface area contributed by atoms with Crippen LogP contribution in [0.4, 0.5) is 4.39 Å². The summed E-state index contributed by atoms with van der Waals surface area (Å²) in [4.78, 5) is 23.8. The molecule has 156 valence electrons. The Bertz CT molecular complexity index is 1120. The molecule has 2 aromatic carbocycles. The van der Waals surface area contributed by atoms with Crippen molar-refractivity contribution in [3.63, 3.8) is 0 Å². The van der Waals surface area contributed by atoms with Crippen LogP contribution in [0.3, 0.4) is 0 Å². The van der Waals surface area contributed by atoms with Crippen LogP contribution in [0.1, 0.15) is 29.7 Å². The molecule has 1 amide bonds. The maximum absolute atomic E-state index is 13.9. The lowest BCUT2D eigenvalue weighted by Gasteiger charge is -2.25. The van der Waals surface area contributed by atoms with E-state index in [0.717, 1.165) is 16.8 Å². The molecule has 7 heteroatoms. The Kier molecular flexibility index (Phi) is 5.44. The van der Waals surface area contributed by atoms with E-state index in [1.165, 1.54) is 12.1 Å². The number of benzene rings is 2. The van der Waals surface area contributed by atoms with E-state index in [1.807, 2.05) is 6.07 Å². The average Bonchev–Trinajstić information content (AvgIpc) is 2.99. The number of nitrogens with zero attached hydrogens (tertiary/aromatic N) is 1. The van der Waals surface area contributed by atoms with Crippen LogP contribution in [0.25, 0.3) is 10.9 Å². The molecule has 1 aromatic heterocycles. The van der Waals surface area contributed by atoms with E-state index in [0.29, 0.717) is 36.6 Å².